The molecule has 2 aromatic carbocycles. The number of benzene rings is 2. The quantitative estimate of drug-likeness (QED) is 0.792. The van der Waals surface area contributed by atoms with E-state index in [1.165, 1.54) is 24.6 Å². The van der Waals surface area contributed by atoms with Crippen LogP contribution in [-0.2, 0) is 16.6 Å². The highest BCUT2D eigenvalue weighted by Gasteiger charge is 2.25. The minimum absolute atomic E-state index is 0.0759. The second kappa shape index (κ2) is 8.12. The van der Waals surface area contributed by atoms with E-state index in [0.29, 0.717) is 5.56 Å². The summed E-state index contributed by atoms with van der Waals surface area (Å²) >= 11 is 0. The Morgan fingerprint density at radius 3 is 2.42 bits per heavy atom. The van der Waals surface area contributed by atoms with Gasteiger partial charge in [0, 0.05) is 31.2 Å². The molecule has 6 heteroatoms. The maximum absolute atomic E-state index is 12.6. The van der Waals surface area contributed by atoms with Gasteiger partial charge in [0.1, 0.15) is 0 Å². The molecule has 0 aliphatic carbocycles. The van der Waals surface area contributed by atoms with Crippen LogP contribution in [0.4, 0.5) is 0 Å². The van der Waals surface area contributed by atoms with Gasteiger partial charge in [-0.2, -0.15) is 0 Å². The van der Waals surface area contributed by atoms with Crippen LogP contribution in [0.15, 0.2) is 59.5 Å². The van der Waals surface area contributed by atoms with Crippen molar-refractivity contribution in [2.24, 2.45) is 0 Å². The zero-order chi connectivity index (χ0) is 18.6. The van der Waals surface area contributed by atoms with E-state index in [4.69, 9.17) is 0 Å². The molecule has 1 saturated heterocycles. The summed E-state index contributed by atoms with van der Waals surface area (Å²) in [6, 6.07) is 16.4. The Balaban J connectivity index is 1.58. The molecular weight excluding hydrogens is 348 g/mol. The second-order valence-corrected chi connectivity index (χ2v) is 8.46. The Labute approximate surface area is 155 Å². The first kappa shape index (κ1) is 18.8. The highest BCUT2D eigenvalue weighted by atomic mass is 32.2. The van der Waals surface area contributed by atoms with Gasteiger partial charge in [0.25, 0.3) is 0 Å². The summed E-state index contributed by atoms with van der Waals surface area (Å²) in [5, 5.41) is 0. The van der Waals surface area contributed by atoms with Gasteiger partial charge in [-0.25, -0.2) is 13.1 Å². The van der Waals surface area contributed by atoms with E-state index >= 15 is 0 Å². The number of piperidine rings is 1. The van der Waals surface area contributed by atoms with Gasteiger partial charge in [-0.05, 0) is 37.5 Å². The number of nitrogens with zero attached hydrogens (tertiary/aromatic N) is 1. The lowest BCUT2D eigenvalue weighted by Gasteiger charge is -2.32. The molecule has 0 bridgehead atoms. The van der Waals surface area contributed by atoms with E-state index < -0.39 is 10.0 Å². The molecule has 0 amide bonds. The molecule has 0 atom stereocenters. The molecule has 0 saturated carbocycles. The van der Waals surface area contributed by atoms with E-state index in [1.54, 1.807) is 12.1 Å². The van der Waals surface area contributed by atoms with Gasteiger partial charge >= 0.3 is 0 Å². The molecule has 0 radical (unpaired) electrons. The number of hydrogen-bond acceptors (Lipinski definition) is 4. The van der Waals surface area contributed by atoms with Crippen molar-refractivity contribution in [2.45, 2.75) is 37.2 Å². The average molecular weight is 372 g/mol. The summed E-state index contributed by atoms with van der Waals surface area (Å²) in [6.07, 6.45) is 1.55. The summed E-state index contributed by atoms with van der Waals surface area (Å²) in [4.78, 5) is 14.0. The Morgan fingerprint density at radius 2 is 1.77 bits per heavy atom. The van der Waals surface area contributed by atoms with Gasteiger partial charge in [-0.3, -0.25) is 9.69 Å². The number of carbonyl (C=O) groups excluding carboxylic acids is 1. The van der Waals surface area contributed by atoms with E-state index in [0.717, 1.165) is 32.5 Å². The first-order valence-corrected chi connectivity index (χ1v) is 10.3. The molecule has 1 aliphatic rings. The van der Waals surface area contributed by atoms with Crippen LogP contribution in [0.1, 0.15) is 35.7 Å². The van der Waals surface area contributed by atoms with Gasteiger partial charge in [0.05, 0.1) is 4.90 Å². The van der Waals surface area contributed by atoms with Crippen LogP contribution in [-0.4, -0.2) is 38.2 Å². The van der Waals surface area contributed by atoms with Crippen molar-refractivity contribution in [3.63, 3.8) is 0 Å². The number of sulfonamides is 1. The van der Waals surface area contributed by atoms with Crippen molar-refractivity contribution in [1.29, 1.82) is 0 Å². The first-order valence-electron chi connectivity index (χ1n) is 8.84. The molecule has 138 valence electrons. The van der Waals surface area contributed by atoms with Crippen molar-refractivity contribution >= 4 is 15.8 Å². The molecule has 1 aliphatic heterocycles. The van der Waals surface area contributed by atoms with Gasteiger partial charge in [0.15, 0.2) is 5.78 Å². The number of nitrogens with one attached hydrogen (secondary N) is 1. The van der Waals surface area contributed by atoms with Crippen LogP contribution in [0.5, 0.6) is 0 Å². The second-order valence-electron chi connectivity index (χ2n) is 6.74. The Morgan fingerprint density at radius 1 is 1.08 bits per heavy atom. The van der Waals surface area contributed by atoms with Crippen LogP contribution in [0.2, 0.25) is 0 Å². The third-order valence-corrected chi connectivity index (χ3v) is 6.23. The van der Waals surface area contributed by atoms with Crippen molar-refractivity contribution in [2.75, 3.05) is 13.1 Å². The molecule has 0 unspecified atom stereocenters. The minimum atomic E-state index is -3.61. The Kier molecular flexibility index (Phi) is 5.86. The van der Waals surface area contributed by atoms with Crippen LogP contribution in [0, 0.1) is 0 Å². The molecule has 0 aromatic heterocycles. The maximum atomic E-state index is 12.6. The lowest BCUT2D eigenvalue weighted by Crippen LogP contribution is -2.44. The van der Waals surface area contributed by atoms with Crippen LogP contribution >= 0.6 is 0 Å². The fourth-order valence-corrected chi connectivity index (χ4v) is 4.57. The van der Waals surface area contributed by atoms with Crippen LogP contribution < -0.4 is 4.72 Å². The highest BCUT2D eigenvalue weighted by molar-refractivity contribution is 7.89. The summed E-state index contributed by atoms with van der Waals surface area (Å²) in [5.74, 6) is -0.142. The SMILES string of the molecule is CC(=O)c1cccc(S(=O)(=O)NC2CCN(Cc3ccccc3)CC2)c1. The molecule has 3 rings (SSSR count). The first-order chi connectivity index (χ1) is 12.4. The van der Waals surface area contributed by atoms with E-state index in [1.807, 2.05) is 18.2 Å². The predicted octanol–water partition coefficient (Wildman–Crippen LogP) is 2.83. The molecule has 1 N–H and O–H groups in total. The van der Waals surface area contributed by atoms with E-state index in [9.17, 15) is 13.2 Å². The average Bonchev–Trinajstić information content (AvgIpc) is 2.64. The molecule has 1 heterocycles. The lowest BCUT2D eigenvalue weighted by atomic mass is 10.1. The normalized spacial score (nSPS) is 16.5. The van der Waals surface area contributed by atoms with Gasteiger partial charge < -0.3 is 0 Å². The zero-order valence-corrected chi connectivity index (χ0v) is 15.7. The molecule has 26 heavy (non-hydrogen) atoms. The number of carbonyl (C=O) groups is 1. The Hall–Kier alpha value is -2.02. The number of rotatable bonds is 6. The Bertz CT molecular complexity index is 858. The number of likely N-dealkylation sites (tertiary alicyclic amines) is 1. The zero-order valence-electron chi connectivity index (χ0n) is 14.9. The number of ketones is 1. The van der Waals surface area contributed by atoms with Crippen molar-refractivity contribution in [3.8, 4) is 0 Å². The third kappa shape index (κ3) is 4.78. The van der Waals surface area contributed by atoms with Gasteiger partial charge in [-0.15, -0.1) is 0 Å². The maximum Gasteiger partial charge on any atom is 0.240 e. The van der Waals surface area contributed by atoms with Crippen molar-refractivity contribution in [1.82, 2.24) is 9.62 Å². The topological polar surface area (TPSA) is 66.5 Å². The van der Waals surface area contributed by atoms with Gasteiger partial charge in [0.2, 0.25) is 10.0 Å². The number of hydrogen-bond donors (Lipinski definition) is 1. The smallest absolute Gasteiger partial charge is 0.240 e. The molecular formula is C20H24N2O3S. The van der Waals surface area contributed by atoms with Crippen LogP contribution in [0.25, 0.3) is 0 Å². The molecule has 5 nitrogen and oxygen atoms in total. The fraction of sp³-hybridized carbons (Fsp3) is 0.350. The van der Waals surface area contributed by atoms with Crippen molar-refractivity contribution in [3.05, 3.63) is 65.7 Å². The summed E-state index contributed by atoms with van der Waals surface area (Å²) in [7, 11) is -3.61. The molecule has 1 fully saturated rings. The van der Waals surface area contributed by atoms with Crippen molar-refractivity contribution < 1.29 is 13.2 Å². The van der Waals surface area contributed by atoms with E-state index in [-0.39, 0.29) is 16.7 Å². The third-order valence-electron chi connectivity index (χ3n) is 4.71. The number of Topliss-reactive ketones (excluding diaryl/α,β-unsaturated/α-hetero) is 1. The molecule has 2 aromatic rings. The standard InChI is InChI=1S/C20H24N2O3S/c1-16(23)18-8-5-9-20(14-18)26(24,25)21-19-10-12-22(13-11-19)15-17-6-3-2-4-7-17/h2-9,14,19,21H,10-13,15H2,1H3. The highest BCUT2D eigenvalue weighted by Crippen LogP contribution is 2.18. The van der Waals surface area contributed by atoms with Gasteiger partial charge in [-0.1, -0.05) is 42.5 Å². The minimum Gasteiger partial charge on any atom is -0.299 e. The molecule has 0 spiro atoms. The van der Waals surface area contributed by atoms with Crippen LogP contribution in [0.3, 0.4) is 0 Å². The fourth-order valence-electron chi connectivity index (χ4n) is 3.22. The summed E-state index contributed by atoms with van der Waals surface area (Å²) < 4.78 is 28.0. The monoisotopic (exact) mass is 372 g/mol. The summed E-state index contributed by atoms with van der Waals surface area (Å²) in [6.45, 7) is 4.04. The lowest BCUT2D eigenvalue weighted by molar-refractivity contribution is 0.101. The van der Waals surface area contributed by atoms with E-state index in [2.05, 4.69) is 21.8 Å². The largest absolute Gasteiger partial charge is 0.299 e. The summed E-state index contributed by atoms with van der Waals surface area (Å²) in [5.41, 5.74) is 1.68. The predicted molar refractivity (Wildman–Crippen MR) is 102 cm³/mol.